The molecule has 1 heterocycles. The Kier molecular flexibility index (Phi) is 6.70. The van der Waals surface area contributed by atoms with Gasteiger partial charge in [-0.3, -0.25) is 9.36 Å². The number of nitrogens with one attached hydrogen (secondary N) is 1. The number of allylic oxidation sites excluding steroid dienone is 1. The minimum absolute atomic E-state index is 0.0265. The van der Waals surface area contributed by atoms with Gasteiger partial charge >= 0.3 is 6.18 Å². The first-order chi connectivity index (χ1) is 19.4. The third kappa shape index (κ3) is 5.02. The zero-order chi connectivity index (χ0) is 29.1. The highest BCUT2D eigenvalue weighted by Gasteiger charge is 2.43. The summed E-state index contributed by atoms with van der Waals surface area (Å²) in [5.74, 6) is -1.72. The molecule has 1 amide bonds. The summed E-state index contributed by atoms with van der Waals surface area (Å²) >= 11 is 13.0. The Labute approximate surface area is 242 Å². The molecule has 41 heavy (non-hydrogen) atoms. The second-order valence-corrected chi connectivity index (χ2v) is 11.3. The van der Waals surface area contributed by atoms with Crippen molar-refractivity contribution < 1.29 is 22.4 Å². The Morgan fingerprint density at radius 3 is 2.41 bits per heavy atom. The van der Waals surface area contributed by atoms with E-state index in [9.17, 15) is 22.4 Å². The van der Waals surface area contributed by atoms with Gasteiger partial charge in [0.2, 0.25) is 0 Å². The van der Waals surface area contributed by atoms with Gasteiger partial charge in [0.05, 0.1) is 32.4 Å². The summed E-state index contributed by atoms with van der Waals surface area (Å²) in [4.78, 5) is 13.8. The van der Waals surface area contributed by atoms with E-state index < -0.39 is 29.0 Å². The number of carbonyl (C=O) groups excluding carboxylic acids is 1. The lowest BCUT2D eigenvalue weighted by atomic mass is 9.73. The number of carbonyl (C=O) groups is 1. The maximum Gasteiger partial charge on any atom is 0.416 e. The fraction of sp³-hybridized carbons (Fsp3) is 0.233. The number of hydrogen-bond acceptors (Lipinski definition) is 3. The van der Waals surface area contributed by atoms with Crippen LogP contribution in [0.2, 0.25) is 10.0 Å². The zero-order valence-corrected chi connectivity index (χ0v) is 23.1. The molecule has 0 saturated heterocycles. The lowest BCUT2D eigenvalue weighted by Crippen LogP contribution is -2.47. The number of aryl methyl sites for hydroxylation is 1. The number of alkyl halides is 3. The van der Waals surface area contributed by atoms with Gasteiger partial charge in [-0.1, -0.05) is 52.5 Å². The molecule has 1 aromatic heterocycles. The van der Waals surface area contributed by atoms with Crippen molar-refractivity contribution in [2.24, 2.45) is 0 Å². The van der Waals surface area contributed by atoms with Crippen LogP contribution in [0.25, 0.3) is 11.3 Å². The molecular weight excluding hydrogens is 579 g/mol. The normalized spacial score (nSPS) is 18.3. The number of aromatic nitrogens is 3. The minimum atomic E-state index is -4.77. The molecule has 11 heteroatoms. The highest BCUT2D eigenvalue weighted by molar-refractivity contribution is 6.40. The van der Waals surface area contributed by atoms with Gasteiger partial charge in [0.25, 0.3) is 5.91 Å². The standard InChI is InChI=1S/C30H22Cl2F4N4O/c1-16-2-3-23-18(6-16)7-17-4-5-29(13-24(17)23,19-8-20(30(34,35)36)10-21(33)9-19)39-28(41)27-25(31)11-22(12-26(27)32)40-14-37-38-15-40/h2-3,6,8-12,14-15H,4-5,7,13H2,1H3,(H,39,41). The van der Waals surface area contributed by atoms with Crippen LogP contribution in [0.4, 0.5) is 17.6 Å². The van der Waals surface area contributed by atoms with E-state index in [1.165, 1.54) is 24.8 Å². The van der Waals surface area contributed by atoms with Crippen molar-refractivity contribution in [1.29, 1.82) is 0 Å². The average Bonchev–Trinajstić information content (AvgIpc) is 3.55. The summed E-state index contributed by atoms with van der Waals surface area (Å²) in [6.45, 7) is 2.00. The molecule has 210 valence electrons. The number of rotatable bonds is 4. The summed E-state index contributed by atoms with van der Waals surface area (Å²) in [7, 11) is 0. The molecule has 0 bridgehead atoms. The Morgan fingerprint density at radius 1 is 1.02 bits per heavy atom. The lowest BCUT2D eigenvalue weighted by molar-refractivity contribution is -0.137. The largest absolute Gasteiger partial charge is 0.416 e. The molecular formula is C30H22Cl2F4N4O. The van der Waals surface area contributed by atoms with Crippen molar-refractivity contribution in [3.05, 3.63) is 116 Å². The second-order valence-electron chi connectivity index (χ2n) is 10.5. The fourth-order valence-corrected chi connectivity index (χ4v) is 6.55. The lowest BCUT2D eigenvalue weighted by Gasteiger charge is -2.40. The van der Waals surface area contributed by atoms with E-state index in [-0.39, 0.29) is 34.0 Å². The molecule has 3 aromatic carbocycles. The Hall–Kier alpha value is -3.69. The van der Waals surface area contributed by atoms with Crippen LogP contribution >= 0.6 is 23.2 Å². The summed E-state index contributed by atoms with van der Waals surface area (Å²) < 4.78 is 57.6. The second kappa shape index (κ2) is 9.99. The molecule has 5 nitrogen and oxygen atoms in total. The van der Waals surface area contributed by atoms with Gasteiger partial charge in [0.1, 0.15) is 18.5 Å². The van der Waals surface area contributed by atoms with Crippen LogP contribution in [-0.2, 0) is 18.1 Å². The molecule has 1 atom stereocenters. The van der Waals surface area contributed by atoms with Crippen LogP contribution in [0.5, 0.6) is 0 Å². The van der Waals surface area contributed by atoms with Crippen LogP contribution in [0.1, 0.15) is 57.4 Å². The minimum Gasteiger partial charge on any atom is -0.342 e. The molecule has 0 radical (unpaired) electrons. The SMILES string of the molecule is Cc1ccc2c(c1)CC1=C2CC(NC(=O)c2c(Cl)cc(-n3cnnc3)cc2Cl)(c2cc(F)cc(C(F)(F)F)c2)CC1. The van der Waals surface area contributed by atoms with Gasteiger partial charge < -0.3 is 5.32 Å². The van der Waals surface area contributed by atoms with Gasteiger partial charge in [-0.2, -0.15) is 13.2 Å². The van der Waals surface area contributed by atoms with Crippen LogP contribution in [0.3, 0.4) is 0 Å². The highest BCUT2D eigenvalue weighted by atomic mass is 35.5. The topological polar surface area (TPSA) is 59.8 Å². The predicted molar refractivity (Wildman–Crippen MR) is 148 cm³/mol. The molecule has 6 rings (SSSR count). The number of fused-ring (bicyclic) bond motifs is 2. The molecule has 0 aliphatic heterocycles. The maximum atomic E-state index is 14.7. The summed E-state index contributed by atoms with van der Waals surface area (Å²) in [6, 6.07) is 11.5. The van der Waals surface area contributed by atoms with Crippen LogP contribution in [0, 0.1) is 12.7 Å². The van der Waals surface area contributed by atoms with E-state index in [0.29, 0.717) is 18.2 Å². The number of halogens is 6. The van der Waals surface area contributed by atoms with Gasteiger partial charge in [-0.25, -0.2) is 4.39 Å². The molecule has 1 N–H and O–H groups in total. The Balaban J connectivity index is 1.44. The summed E-state index contributed by atoms with van der Waals surface area (Å²) in [6.07, 6.45) is -0.216. The quantitative estimate of drug-likeness (QED) is 0.243. The van der Waals surface area contributed by atoms with E-state index in [2.05, 4.69) is 21.6 Å². The number of amides is 1. The molecule has 1 unspecified atom stereocenters. The first-order valence-corrected chi connectivity index (χ1v) is 13.5. The van der Waals surface area contributed by atoms with Crippen LogP contribution in [-0.4, -0.2) is 20.7 Å². The average molecular weight is 601 g/mol. The smallest absolute Gasteiger partial charge is 0.342 e. The van der Waals surface area contributed by atoms with Crippen molar-refractivity contribution >= 4 is 34.7 Å². The van der Waals surface area contributed by atoms with Crippen molar-refractivity contribution in [3.8, 4) is 5.69 Å². The van der Waals surface area contributed by atoms with E-state index in [4.69, 9.17) is 23.2 Å². The van der Waals surface area contributed by atoms with Gasteiger partial charge in [-0.05, 0) is 78.8 Å². The Bertz CT molecular complexity index is 1710. The predicted octanol–water partition coefficient (Wildman–Crippen LogP) is 7.86. The van der Waals surface area contributed by atoms with Crippen LogP contribution < -0.4 is 5.32 Å². The van der Waals surface area contributed by atoms with Crippen molar-refractivity contribution in [2.75, 3.05) is 0 Å². The number of nitrogens with zero attached hydrogens (tertiary/aromatic N) is 3. The van der Waals surface area contributed by atoms with Crippen molar-refractivity contribution in [3.63, 3.8) is 0 Å². The van der Waals surface area contributed by atoms with Gasteiger partial charge in [0, 0.05) is 6.42 Å². The third-order valence-corrected chi connectivity index (χ3v) is 8.45. The molecule has 0 spiro atoms. The third-order valence-electron chi connectivity index (χ3n) is 7.85. The molecule has 0 saturated carbocycles. The molecule has 0 fully saturated rings. The maximum absolute atomic E-state index is 14.7. The van der Waals surface area contributed by atoms with Crippen molar-refractivity contribution in [1.82, 2.24) is 20.1 Å². The van der Waals surface area contributed by atoms with E-state index in [1.807, 2.05) is 19.1 Å². The van der Waals surface area contributed by atoms with E-state index in [0.717, 1.165) is 46.4 Å². The van der Waals surface area contributed by atoms with Gasteiger partial charge in [-0.15, -0.1) is 10.2 Å². The fourth-order valence-electron chi connectivity index (χ4n) is 5.90. The van der Waals surface area contributed by atoms with Crippen molar-refractivity contribution in [2.45, 2.75) is 44.3 Å². The molecule has 4 aromatic rings. The monoisotopic (exact) mass is 600 g/mol. The molecule has 2 aliphatic rings. The number of benzene rings is 3. The van der Waals surface area contributed by atoms with Gasteiger partial charge in [0.15, 0.2) is 0 Å². The number of hydrogen-bond donors (Lipinski definition) is 1. The molecule has 2 aliphatic carbocycles. The zero-order valence-electron chi connectivity index (χ0n) is 21.6. The summed E-state index contributed by atoms with van der Waals surface area (Å²) in [5.41, 5.74) is 3.35. The van der Waals surface area contributed by atoms with E-state index >= 15 is 0 Å². The first-order valence-electron chi connectivity index (χ1n) is 12.8. The highest BCUT2D eigenvalue weighted by Crippen LogP contribution is 2.50. The van der Waals surface area contributed by atoms with Crippen LogP contribution in [0.15, 0.2) is 66.8 Å². The Morgan fingerprint density at radius 2 is 1.73 bits per heavy atom. The van der Waals surface area contributed by atoms with E-state index in [1.54, 1.807) is 4.57 Å². The first kappa shape index (κ1) is 27.5. The summed E-state index contributed by atoms with van der Waals surface area (Å²) in [5, 5.41) is 10.5.